The second-order valence-electron chi connectivity index (χ2n) is 3.01. The first-order chi connectivity index (χ1) is 7.59. The van der Waals surface area contributed by atoms with E-state index in [0.29, 0.717) is 11.0 Å². The Hall–Kier alpha value is -1.36. The molecule has 16 heavy (non-hydrogen) atoms. The van der Waals surface area contributed by atoms with Gasteiger partial charge in [-0.2, -0.15) is 0 Å². The van der Waals surface area contributed by atoms with Crippen LogP contribution in [0.15, 0.2) is 35.3 Å². The molecule has 0 saturated heterocycles. The molecule has 0 aliphatic rings. The monoisotopic (exact) mass is 287 g/mol. The molecule has 86 valence electrons. The average molecular weight is 288 g/mol. The molecule has 0 heterocycles. The van der Waals surface area contributed by atoms with Gasteiger partial charge in [-0.1, -0.05) is 34.6 Å². The van der Waals surface area contributed by atoms with Crippen LogP contribution in [0.1, 0.15) is 0 Å². The van der Waals surface area contributed by atoms with Crippen LogP contribution in [0.25, 0.3) is 0 Å². The van der Waals surface area contributed by atoms with E-state index in [9.17, 15) is 9.18 Å². The lowest BCUT2D eigenvalue weighted by Crippen LogP contribution is -2.29. The van der Waals surface area contributed by atoms with Crippen molar-refractivity contribution in [2.45, 2.75) is 0 Å². The second kappa shape index (κ2) is 6.27. The van der Waals surface area contributed by atoms with Crippen molar-refractivity contribution < 1.29 is 13.9 Å². The molecule has 0 unspecified atom stereocenters. The summed E-state index contributed by atoms with van der Waals surface area (Å²) in [5.74, 6) is -0.751. The van der Waals surface area contributed by atoms with Crippen LogP contribution < -0.4 is 10.1 Å². The van der Waals surface area contributed by atoms with Crippen LogP contribution in [-0.2, 0) is 4.79 Å². The van der Waals surface area contributed by atoms with Gasteiger partial charge in [0.1, 0.15) is 0 Å². The van der Waals surface area contributed by atoms with E-state index < -0.39 is 5.82 Å². The molecule has 1 aromatic carbocycles. The molecule has 0 saturated carbocycles. The van der Waals surface area contributed by atoms with Gasteiger partial charge in [0, 0.05) is 11.0 Å². The molecule has 5 heteroatoms. The van der Waals surface area contributed by atoms with E-state index >= 15 is 0 Å². The fraction of sp³-hybridized carbons (Fsp3) is 0.182. The number of nitrogens with one attached hydrogen (secondary N) is 1. The largest absolute Gasteiger partial charge is 0.481 e. The van der Waals surface area contributed by atoms with E-state index in [0.717, 1.165) is 0 Å². The van der Waals surface area contributed by atoms with Crippen LogP contribution in [-0.4, -0.2) is 19.1 Å². The fourth-order valence-electron chi connectivity index (χ4n) is 0.951. The highest BCUT2D eigenvalue weighted by atomic mass is 79.9. The Bertz CT molecular complexity index is 395. The second-order valence-corrected chi connectivity index (χ2v) is 4.13. The Labute approximate surface area is 101 Å². The minimum atomic E-state index is -0.486. The molecule has 0 atom stereocenters. The smallest absolute Gasteiger partial charge is 0.258 e. The number of amides is 1. The van der Waals surface area contributed by atoms with Gasteiger partial charge in [0.25, 0.3) is 5.91 Å². The number of hydrogen-bond donors (Lipinski definition) is 1. The molecule has 1 aromatic rings. The Morgan fingerprint density at radius 3 is 2.81 bits per heavy atom. The summed E-state index contributed by atoms with van der Waals surface area (Å²) in [6.07, 6.45) is 0. The van der Waals surface area contributed by atoms with Gasteiger partial charge < -0.3 is 10.1 Å². The van der Waals surface area contributed by atoms with Gasteiger partial charge >= 0.3 is 0 Å². The molecular formula is C11H11BrFNO2. The predicted octanol–water partition coefficient (Wildman–Crippen LogP) is 2.23. The zero-order chi connectivity index (χ0) is 12.0. The number of carbonyl (C=O) groups excluding carboxylic acids is 1. The first-order valence-corrected chi connectivity index (χ1v) is 5.36. The molecule has 0 fully saturated rings. The van der Waals surface area contributed by atoms with Crippen LogP contribution in [0.5, 0.6) is 5.75 Å². The normalized spacial score (nSPS) is 9.62. The van der Waals surface area contributed by atoms with Gasteiger partial charge in [-0.15, -0.1) is 0 Å². The summed E-state index contributed by atoms with van der Waals surface area (Å²) in [5.41, 5.74) is 0. The summed E-state index contributed by atoms with van der Waals surface area (Å²) in [7, 11) is 0. The summed E-state index contributed by atoms with van der Waals surface area (Å²) in [4.78, 5) is 11.2. The van der Waals surface area contributed by atoms with Crippen LogP contribution in [0, 0.1) is 5.82 Å². The Balaban J connectivity index is 2.37. The Morgan fingerprint density at radius 1 is 1.50 bits per heavy atom. The summed E-state index contributed by atoms with van der Waals surface area (Å²) in [6.45, 7) is 3.66. The van der Waals surface area contributed by atoms with E-state index in [1.165, 1.54) is 12.1 Å². The molecule has 0 aliphatic carbocycles. The van der Waals surface area contributed by atoms with E-state index in [1.54, 1.807) is 12.1 Å². The molecule has 0 spiro atoms. The number of carbonyl (C=O) groups is 1. The maximum Gasteiger partial charge on any atom is 0.258 e. The van der Waals surface area contributed by atoms with Crippen molar-refractivity contribution in [3.63, 3.8) is 0 Å². The minimum Gasteiger partial charge on any atom is -0.481 e. The number of benzene rings is 1. The fourth-order valence-corrected chi connectivity index (χ4v) is 1.09. The van der Waals surface area contributed by atoms with Gasteiger partial charge in [-0.25, -0.2) is 4.39 Å². The van der Waals surface area contributed by atoms with Crippen LogP contribution in [0.3, 0.4) is 0 Å². The summed E-state index contributed by atoms with van der Waals surface area (Å²) >= 11 is 3.10. The zero-order valence-corrected chi connectivity index (χ0v) is 10.1. The van der Waals surface area contributed by atoms with Gasteiger partial charge in [0.2, 0.25) is 0 Å². The van der Waals surface area contributed by atoms with Gasteiger partial charge in [-0.05, 0) is 12.1 Å². The standard InChI is InChI=1S/C11H11BrFNO2/c1-8(12)6-14-11(15)7-16-10-5-3-2-4-9(10)13/h2-5H,1,6-7H2,(H,14,15). The number of hydrogen-bond acceptors (Lipinski definition) is 2. The Morgan fingerprint density at radius 2 is 2.19 bits per heavy atom. The zero-order valence-electron chi connectivity index (χ0n) is 8.50. The first-order valence-electron chi connectivity index (χ1n) is 4.57. The number of halogens is 2. The molecule has 3 nitrogen and oxygen atoms in total. The summed E-state index contributed by atoms with van der Waals surface area (Å²) in [6, 6.07) is 5.92. The average Bonchev–Trinajstić information content (AvgIpc) is 2.25. The summed E-state index contributed by atoms with van der Waals surface area (Å²) < 4.78 is 18.7. The van der Waals surface area contributed by atoms with E-state index in [4.69, 9.17) is 4.74 Å². The number of para-hydroxylation sites is 1. The van der Waals surface area contributed by atoms with Crippen molar-refractivity contribution in [2.24, 2.45) is 0 Å². The molecule has 0 bridgehead atoms. The molecule has 1 N–H and O–H groups in total. The lowest BCUT2D eigenvalue weighted by Gasteiger charge is -2.07. The molecule has 1 amide bonds. The van der Waals surface area contributed by atoms with Crippen molar-refractivity contribution in [1.82, 2.24) is 5.32 Å². The van der Waals surface area contributed by atoms with Crippen molar-refractivity contribution in [3.8, 4) is 5.75 Å². The highest BCUT2D eigenvalue weighted by Gasteiger charge is 2.05. The van der Waals surface area contributed by atoms with Gasteiger partial charge in [0.05, 0.1) is 0 Å². The van der Waals surface area contributed by atoms with Crippen molar-refractivity contribution in [3.05, 3.63) is 41.1 Å². The third-order valence-corrected chi connectivity index (χ3v) is 1.95. The molecule has 1 rings (SSSR count). The molecule has 0 aliphatic heterocycles. The highest BCUT2D eigenvalue weighted by Crippen LogP contribution is 2.14. The van der Waals surface area contributed by atoms with Crippen LogP contribution >= 0.6 is 15.9 Å². The lowest BCUT2D eigenvalue weighted by atomic mass is 10.3. The van der Waals surface area contributed by atoms with Gasteiger partial charge in [-0.3, -0.25) is 4.79 Å². The Kier molecular flexibility index (Phi) is 4.98. The van der Waals surface area contributed by atoms with Crippen LogP contribution in [0.4, 0.5) is 4.39 Å². The van der Waals surface area contributed by atoms with E-state index in [2.05, 4.69) is 27.8 Å². The number of rotatable bonds is 5. The maximum atomic E-state index is 13.1. The van der Waals surface area contributed by atoms with Crippen molar-refractivity contribution >= 4 is 21.8 Å². The van der Waals surface area contributed by atoms with Crippen molar-refractivity contribution in [2.75, 3.05) is 13.2 Å². The van der Waals surface area contributed by atoms with Gasteiger partial charge in [0.15, 0.2) is 18.2 Å². The third-order valence-electron chi connectivity index (χ3n) is 1.67. The predicted molar refractivity (Wildman–Crippen MR) is 63.0 cm³/mol. The minimum absolute atomic E-state index is 0.0651. The maximum absolute atomic E-state index is 13.1. The summed E-state index contributed by atoms with van der Waals surface area (Å²) in [5, 5.41) is 2.54. The SMILES string of the molecule is C=C(Br)CNC(=O)COc1ccccc1F. The van der Waals surface area contributed by atoms with E-state index in [1.807, 2.05) is 0 Å². The first kappa shape index (κ1) is 12.7. The van der Waals surface area contributed by atoms with Crippen molar-refractivity contribution in [1.29, 1.82) is 0 Å². The molecule has 0 radical (unpaired) electrons. The molecule has 0 aromatic heterocycles. The van der Waals surface area contributed by atoms with E-state index in [-0.39, 0.29) is 18.3 Å². The highest BCUT2D eigenvalue weighted by molar-refractivity contribution is 9.11. The quantitative estimate of drug-likeness (QED) is 0.902. The number of ether oxygens (including phenoxy) is 1. The lowest BCUT2D eigenvalue weighted by molar-refractivity contribution is -0.122. The topological polar surface area (TPSA) is 38.3 Å². The third kappa shape index (κ3) is 4.44. The molecular weight excluding hydrogens is 277 g/mol. The van der Waals surface area contributed by atoms with Crippen LogP contribution in [0.2, 0.25) is 0 Å².